The van der Waals surface area contributed by atoms with Gasteiger partial charge in [0.05, 0.1) is 7.11 Å². The number of anilines is 1. The van der Waals surface area contributed by atoms with Crippen LogP contribution in [0.4, 0.5) is 5.82 Å². The topological polar surface area (TPSA) is 48.9 Å². The minimum absolute atomic E-state index is 0.0798. The van der Waals surface area contributed by atoms with Gasteiger partial charge in [-0.2, -0.15) is 0 Å². The van der Waals surface area contributed by atoms with Gasteiger partial charge in [0.25, 0.3) is 5.91 Å². The third-order valence-electron chi connectivity index (χ3n) is 4.68. The third-order valence-corrected chi connectivity index (χ3v) is 4.68. The standard InChI is InChI=1S/C20H26N4O2/c1-22-10-12-24(13-11-22)19-9-5-8-18(21-19)20(25)23(2)15-16-6-4-7-17(14-16)26-3/h4-9,14H,10-13,15H2,1-3H3. The molecular weight excluding hydrogens is 328 g/mol. The Hall–Kier alpha value is -2.60. The number of aromatic nitrogens is 1. The number of hydrogen-bond acceptors (Lipinski definition) is 5. The fraction of sp³-hybridized carbons (Fsp3) is 0.400. The van der Waals surface area contributed by atoms with Gasteiger partial charge in [-0.15, -0.1) is 0 Å². The Morgan fingerprint density at radius 1 is 1.15 bits per heavy atom. The summed E-state index contributed by atoms with van der Waals surface area (Å²) in [5, 5.41) is 0. The summed E-state index contributed by atoms with van der Waals surface area (Å²) in [4.78, 5) is 23.6. The van der Waals surface area contributed by atoms with E-state index in [9.17, 15) is 4.79 Å². The summed E-state index contributed by atoms with van der Waals surface area (Å²) >= 11 is 0. The molecule has 0 bridgehead atoms. The number of ether oxygens (including phenoxy) is 1. The first-order chi connectivity index (χ1) is 12.6. The van der Waals surface area contributed by atoms with Crippen molar-refractivity contribution < 1.29 is 9.53 Å². The molecule has 0 saturated carbocycles. The lowest BCUT2D eigenvalue weighted by atomic mass is 10.2. The van der Waals surface area contributed by atoms with Crippen molar-refractivity contribution in [2.75, 3.05) is 52.3 Å². The fourth-order valence-corrected chi connectivity index (χ4v) is 3.07. The molecule has 1 aromatic heterocycles. The predicted octanol–water partition coefficient (Wildman–Crippen LogP) is 2.11. The highest BCUT2D eigenvalue weighted by atomic mass is 16.5. The maximum atomic E-state index is 12.8. The second kappa shape index (κ2) is 8.19. The van der Waals surface area contributed by atoms with Crippen LogP contribution in [0.3, 0.4) is 0 Å². The normalized spacial score (nSPS) is 15.0. The van der Waals surface area contributed by atoms with Gasteiger partial charge in [-0.25, -0.2) is 4.98 Å². The highest BCUT2D eigenvalue weighted by Crippen LogP contribution is 2.17. The van der Waals surface area contributed by atoms with Crippen molar-refractivity contribution in [2.24, 2.45) is 0 Å². The van der Waals surface area contributed by atoms with Gasteiger partial charge in [-0.3, -0.25) is 4.79 Å². The average molecular weight is 354 g/mol. The Labute approximate surface area is 155 Å². The number of likely N-dealkylation sites (N-methyl/N-ethyl adjacent to an activating group) is 1. The number of pyridine rings is 1. The van der Waals surface area contributed by atoms with Crippen LogP contribution in [-0.4, -0.2) is 68.1 Å². The summed E-state index contributed by atoms with van der Waals surface area (Å²) in [6.07, 6.45) is 0. The minimum Gasteiger partial charge on any atom is -0.497 e. The first-order valence-corrected chi connectivity index (χ1v) is 8.86. The van der Waals surface area contributed by atoms with E-state index in [0.29, 0.717) is 12.2 Å². The molecular formula is C20H26N4O2. The molecule has 6 heteroatoms. The predicted molar refractivity (Wildman–Crippen MR) is 103 cm³/mol. The van der Waals surface area contributed by atoms with Crippen molar-refractivity contribution in [3.63, 3.8) is 0 Å². The van der Waals surface area contributed by atoms with Crippen molar-refractivity contribution in [2.45, 2.75) is 6.54 Å². The molecule has 0 spiro atoms. The Kier molecular flexibility index (Phi) is 5.73. The van der Waals surface area contributed by atoms with Gasteiger partial charge in [-0.05, 0) is 36.9 Å². The van der Waals surface area contributed by atoms with Crippen LogP contribution in [0.15, 0.2) is 42.5 Å². The van der Waals surface area contributed by atoms with Gasteiger partial charge in [0.15, 0.2) is 0 Å². The van der Waals surface area contributed by atoms with E-state index in [1.165, 1.54) is 0 Å². The Morgan fingerprint density at radius 2 is 1.88 bits per heavy atom. The lowest BCUT2D eigenvalue weighted by Crippen LogP contribution is -2.45. The van der Waals surface area contributed by atoms with Crippen LogP contribution in [0.25, 0.3) is 0 Å². The molecule has 1 fully saturated rings. The van der Waals surface area contributed by atoms with Crippen molar-refractivity contribution in [1.82, 2.24) is 14.8 Å². The monoisotopic (exact) mass is 354 g/mol. The number of benzene rings is 1. The van der Waals surface area contributed by atoms with E-state index >= 15 is 0 Å². The van der Waals surface area contributed by atoms with E-state index in [2.05, 4.69) is 21.8 Å². The molecule has 0 N–H and O–H groups in total. The third kappa shape index (κ3) is 4.32. The zero-order valence-corrected chi connectivity index (χ0v) is 15.7. The summed E-state index contributed by atoms with van der Waals surface area (Å²) in [5.41, 5.74) is 1.50. The van der Waals surface area contributed by atoms with Crippen LogP contribution < -0.4 is 9.64 Å². The zero-order valence-electron chi connectivity index (χ0n) is 15.7. The Balaban J connectivity index is 1.69. The van der Waals surface area contributed by atoms with Crippen LogP contribution in [0, 0.1) is 0 Å². The highest BCUT2D eigenvalue weighted by molar-refractivity contribution is 5.92. The van der Waals surface area contributed by atoms with Crippen molar-refractivity contribution in [3.05, 3.63) is 53.7 Å². The smallest absolute Gasteiger partial charge is 0.272 e. The number of nitrogens with zero attached hydrogens (tertiary/aromatic N) is 4. The summed E-state index contributed by atoms with van der Waals surface area (Å²) in [5.74, 6) is 1.58. The average Bonchev–Trinajstić information content (AvgIpc) is 2.68. The van der Waals surface area contributed by atoms with E-state index in [1.807, 2.05) is 36.4 Å². The van der Waals surface area contributed by atoms with E-state index in [0.717, 1.165) is 43.3 Å². The lowest BCUT2D eigenvalue weighted by Gasteiger charge is -2.33. The van der Waals surface area contributed by atoms with Gasteiger partial charge in [0.2, 0.25) is 0 Å². The van der Waals surface area contributed by atoms with E-state index < -0.39 is 0 Å². The Bertz CT molecular complexity index is 757. The minimum atomic E-state index is -0.0798. The quantitative estimate of drug-likeness (QED) is 0.823. The number of carbonyl (C=O) groups is 1. The van der Waals surface area contributed by atoms with Crippen LogP contribution in [0.1, 0.15) is 16.1 Å². The van der Waals surface area contributed by atoms with Crippen molar-refractivity contribution in [3.8, 4) is 5.75 Å². The van der Waals surface area contributed by atoms with Gasteiger partial charge in [0.1, 0.15) is 17.3 Å². The second-order valence-electron chi connectivity index (χ2n) is 6.68. The summed E-state index contributed by atoms with van der Waals surface area (Å²) in [6, 6.07) is 13.4. The van der Waals surface area contributed by atoms with E-state index in [-0.39, 0.29) is 5.91 Å². The van der Waals surface area contributed by atoms with Crippen molar-refractivity contribution in [1.29, 1.82) is 0 Å². The number of rotatable bonds is 5. The van der Waals surface area contributed by atoms with Gasteiger partial charge < -0.3 is 19.4 Å². The molecule has 1 aromatic carbocycles. The molecule has 3 rings (SSSR count). The van der Waals surface area contributed by atoms with E-state index in [4.69, 9.17) is 4.74 Å². The highest BCUT2D eigenvalue weighted by Gasteiger charge is 2.18. The first-order valence-electron chi connectivity index (χ1n) is 8.86. The molecule has 26 heavy (non-hydrogen) atoms. The lowest BCUT2D eigenvalue weighted by molar-refractivity contribution is 0.0779. The first kappa shape index (κ1) is 18.2. The van der Waals surface area contributed by atoms with Gasteiger partial charge in [0, 0.05) is 39.8 Å². The number of hydrogen-bond donors (Lipinski definition) is 0. The van der Waals surface area contributed by atoms with Gasteiger partial charge >= 0.3 is 0 Å². The largest absolute Gasteiger partial charge is 0.497 e. The molecule has 1 amide bonds. The molecule has 1 aliphatic heterocycles. The molecule has 0 unspecified atom stereocenters. The number of piperazine rings is 1. The second-order valence-corrected chi connectivity index (χ2v) is 6.68. The molecule has 1 saturated heterocycles. The summed E-state index contributed by atoms with van der Waals surface area (Å²) < 4.78 is 5.25. The molecule has 1 aliphatic rings. The summed E-state index contributed by atoms with van der Waals surface area (Å²) in [7, 11) is 5.56. The molecule has 138 valence electrons. The van der Waals surface area contributed by atoms with Gasteiger partial charge in [-0.1, -0.05) is 18.2 Å². The zero-order chi connectivity index (χ0) is 18.5. The molecule has 0 atom stereocenters. The number of methoxy groups -OCH3 is 1. The Morgan fingerprint density at radius 3 is 2.62 bits per heavy atom. The molecule has 6 nitrogen and oxygen atoms in total. The van der Waals surface area contributed by atoms with Crippen LogP contribution in [0.2, 0.25) is 0 Å². The number of amides is 1. The molecule has 0 radical (unpaired) electrons. The summed E-state index contributed by atoms with van der Waals surface area (Å²) in [6.45, 7) is 4.39. The number of carbonyl (C=O) groups excluding carboxylic acids is 1. The van der Waals surface area contributed by atoms with Crippen molar-refractivity contribution >= 4 is 11.7 Å². The van der Waals surface area contributed by atoms with E-state index in [1.54, 1.807) is 25.1 Å². The molecule has 2 aromatic rings. The van der Waals surface area contributed by atoms with Crippen LogP contribution in [-0.2, 0) is 6.54 Å². The fourth-order valence-electron chi connectivity index (χ4n) is 3.07. The SMILES string of the molecule is COc1cccc(CN(C)C(=O)c2cccc(N3CCN(C)CC3)n2)c1. The molecule has 0 aliphatic carbocycles. The molecule has 2 heterocycles. The maximum Gasteiger partial charge on any atom is 0.272 e. The van der Waals surface area contributed by atoms with Crippen LogP contribution in [0.5, 0.6) is 5.75 Å². The maximum absolute atomic E-state index is 12.8. The van der Waals surface area contributed by atoms with Crippen LogP contribution >= 0.6 is 0 Å².